The van der Waals surface area contributed by atoms with E-state index in [9.17, 15) is 4.79 Å². The van der Waals surface area contributed by atoms with E-state index < -0.39 is 0 Å². The lowest BCUT2D eigenvalue weighted by Gasteiger charge is -2.28. The van der Waals surface area contributed by atoms with E-state index in [2.05, 4.69) is 18.1 Å². The van der Waals surface area contributed by atoms with Crippen LogP contribution in [0.4, 0.5) is 0 Å². The molecule has 1 rings (SSSR count). The van der Waals surface area contributed by atoms with Crippen molar-refractivity contribution in [2.75, 3.05) is 20.6 Å². The SMILES string of the molecule is C=CC(=O)N1CCC(N(C)C)C1C=C. The maximum absolute atomic E-state index is 11.5. The molecular formula is C11H18N2O. The molecular weight excluding hydrogens is 176 g/mol. The van der Waals surface area contributed by atoms with Crippen LogP contribution in [-0.2, 0) is 4.79 Å². The zero-order valence-corrected chi connectivity index (χ0v) is 8.94. The van der Waals surface area contributed by atoms with E-state index in [0.29, 0.717) is 6.04 Å². The standard InChI is InChI=1S/C11H18N2O/c1-5-9-10(12(3)4)7-8-13(9)11(14)6-2/h5-6,9-10H,1-2,7-8H2,3-4H3. The van der Waals surface area contributed by atoms with Crippen molar-refractivity contribution in [3.63, 3.8) is 0 Å². The minimum absolute atomic E-state index is 0.000694. The van der Waals surface area contributed by atoms with Crippen molar-refractivity contribution < 1.29 is 4.79 Å². The number of likely N-dealkylation sites (tertiary alicyclic amines) is 1. The van der Waals surface area contributed by atoms with Crippen LogP contribution < -0.4 is 0 Å². The molecule has 1 aliphatic heterocycles. The van der Waals surface area contributed by atoms with Gasteiger partial charge in [-0.1, -0.05) is 12.7 Å². The molecule has 1 fully saturated rings. The molecule has 78 valence electrons. The molecule has 2 unspecified atom stereocenters. The van der Waals surface area contributed by atoms with Gasteiger partial charge in [-0.05, 0) is 26.6 Å². The highest BCUT2D eigenvalue weighted by Crippen LogP contribution is 2.22. The van der Waals surface area contributed by atoms with Gasteiger partial charge in [-0.3, -0.25) is 4.79 Å². The second-order valence-electron chi connectivity index (χ2n) is 3.78. The van der Waals surface area contributed by atoms with Crippen LogP contribution in [0.2, 0.25) is 0 Å². The van der Waals surface area contributed by atoms with Crippen molar-refractivity contribution in [1.82, 2.24) is 9.80 Å². The molecule has 0 aromatic carbocycles. The Morgan fingerprint density at radius 3 is 2.57 bits per heavy atom. The maximum Gasteiger partial charge on any atom is 0.246 e. The quantitative estimate of drug-likeness (QED) is 0.492. The minimum atomic E-state index is -0.000694. The van der Waals surface area contributed by atoms with Gasteiger partial charge in [-0.2, -0.15) is 0 Å². The molecule has 0 spiro atoms. The first kappa shape index (κ1) is 11.0. The molecule has 1 amide bonds. The third-order valence-electron chi connectivity index (χ3n) is 2.78. The molecule has 0 N–H and O–H groups in total. The van der Waals surface area contributed by atoms with Crippen LogP contribution in [0.25, 0.3) is 0 Å². The molecule has 3 heteroatoms. The van der Waals surface area contributed by atoms with Crippen LogP contribution >= 0.6 is 0 Å². The van der Waals surface area contributed by atoms with E-state index in [4.69, 9.17) is 0 Å². The van der Waals surface area contributed by atoms with Crippen molar-refractivity contribution in [1.29, 1.82) is 0 Å². The van der Waals surface area contributed by atoms with E-state index in [1.807, 2.05) is 25.1 Å². The Morgan fingerprint density at radius 1 is 1.50 bits per heavy atom. The Labute approximate surface area is 85.7 Å². The highest BCUT2D eigenvalue weighted by atomic mass is 16.2. The summed E-state index contributed by atoms with van der Waals surface area (Å²) in [6.45, 7) is 8.09. The third-order valence-corrected chi connectivity index (χ3v) is 2.78. The van der Waals surface area contributed by atoms with Gasteiger partial charge >= 0.3 is 0 Å². The number of hydrogen-bond donors (Lipinski definition) is 0. The Kier molecular flexibility index (Phi) is 3.47. The fourth-order valence-electron chi connectivity index (χ4n) is 2.02. The number of carbonyl (C=O) groups excluding carboxylic acids is 1. The van der Waals surface area contributed by atoms with Crippen molar-refractivity contribution in [3.8, 4) is 0 Å². The fraction of sp³-hybridized carbons (Fsp3) is 0.545. The summed E-state index contributed by atoms with van der Waals surface area (Å²) in [5, 5.41) is 0. The lowest BCUT2D eigenvalue weighted by molar-refractivity contribution is -0.126. The van der Waals surface area contributed by atoms with Crippen LogP contribution in [0, 0.1) is 0 Å². The molecule has 1 saturated heterocycles. The van der Waals surface area contributed by atoms with E-state index in [1.165, 1.54) is 6.08 Å². The average molecular weight is 194 g/mol. The van der Waals surface area contributed by atoms with Gasteiger partial charge in [-0.25, -0.2) is 0 Å². The summed E-state index contributed by atoms with van der Waals surface area (Å²) in [4.78, 5) is 15.5. The highest BCUT2D eigenvalue weighted by Gasteiger charge is 2.34. The van der Waals surface area contributed by atoms with Crippen LogP contribution in [0.5, 0.6) is 0 Å². The Bertz CT molecular complexity index is 248. The van der Waals surface area contributed by atoms with E-state index >= 15 is 0 Å². The van der Waals surface area contributed by atoms with Crippen molar-refractivity contribution in [2.45, 2.75) is 18.5 Å². The summed E-state index contributed by atoms with van der Waals surface area (Å²) in [5.74, 6) is -0.000694. The number of likely N-dealkylation sites (N-methyl/N-ethyl adjacent to an activating group) is 1. The highest BCUT2D eigenvalue weighted by molar-refractivity contribution is 5.87. The second-order valence-corrected chi connectivity index (χ2v) is 3.78. The van der Waals surface area contributed by atoms with E-state index in [1.54, 1.807) is 0 Å². The second kappa shape index (κ2) is 4.42. The van der Waals surface area contributed by atoms with Gasteiger partial charge in [0.1, 0.15) is 0 Å². The Balaban J connectivity index is 2.78. The largest absolute Gasteiger partial charge is 0.331 e. The topological polar surface area (TPSA) is 23.6 Å². The first-order valence-corrected chi connectivity index (χ1v) is 4.83. The molecule has 0 aromatic rings. The average Bonchev–Trinajstić information content (AvgIpc) is 2.59. The number of nitrogens with zero attached hydrogens (tertiary/aromatic N) is 2. The molecule has 2 atom stereocenters. The summed E-state index contributed by atoms with van der Waals surface area (Å²) in [5.41, 5.74) is 0. The number of rotatable bonds is 3. The van der Waals surface area contributed by atoms with Gasteiger partial charge < -0.3 is 9.80 Å². The Morgan fingerprint density at radius 2 is 2.14 bits per heavy atom. The molecule has 1 aliphatic rings. The third kappa shape index (κ3) is 1.87. The molecule has 1 heterocycles. The van der Waals surface area contributed by atoms with Gasteiger partial charge in [0.15, 0.2) is 0 Å². The molecule has 0 saturated carbocycles. The summed E-state index contributed by atoms with van der Waals surface area (Å²) < 4.78 is 0. The van der Waals surface area contributed by atoms with E-state index in [0.717, 1.165) is 13.0 Å². The fourth-order valence-corrected chi connectivity index (χ4v) is 2.02. The van der Waals surface area contributed by atoms with Crippen molar-refractivity contribution >= 4 is 5.91 Å². The number of amides is 1. The monoisotopic (exact) mass is 194 g/mol. The molecule has 14 heavy (non-hydrogen) atoms. The lowest BCUT2D eigenvalue weighted by Crippen LogP contribution is -2.42. The van der Waals surface area contributed by atoms with Gasteiger partial charge in [0, 0.05) is 12.6 Å². The van der Waals surface area contributed by atoms with Crippen LogP contribution in [-0.4, -0.2) is 48.4 Å². The van der Waals surface area contributed by atoms with Gasteiger partial charge in [0.05, 0.1) is 6.04 Å². The van der Waals surface area contributed by atoms with Crippen molar-refractivity contribution in [2.24, 2.45) is 0 Å². The molecule has 0 aliphatic carbocycles. The van der Waals surface area contributed by atoms with E-state index in [-0.39, 0.29) is 11.9 Å². The zero-order valence-electron chi connectivity index (χ0n) is 8.94. The summed E-state index contributed by atoms with van der Waals surface area (Å²) >= 11 is 0. The lowest BCUT2D eigenvalue weighted by atomic mass is 10.1. The number of hydrogen-bond acceptors (Lipinski definition) is 2. The van der Waals surface area contributed by atoms with Gasteiger partial charge in [0.2, 0.25) is 5.91 Å². The van der Waals surface area contributed by atoms with Crippen LogP contribution in [0.15, 0.2) is 25.3 Å². The maximum atomic E-state index is 11.5. The predicted molar refractivity (Wildman–Crippen MR) is 58.0 cm³/mol. The zero-order chi connectivity index (χ0) is 10.7. The number of carbonyl (C=O) groups is 1. The summed E-state index contributed by atoms with van der Waals surface area (Å²) in [6, 6.07) is 0.506. The van der Waals surface area contributed by atoms with Crippen molar-refractivity contribution in [3.05, 3.63) is 25.3 Å². The van der Waals surface area contributed by atoms with Crippen LogP contribution in [0.3, 0.4) is 0 Å². The summed E-state index contributed by atoms with van der Waals surface area (Å²) in [6.07, 6.45) is 4.22. The minimum Gasteiger partial charge on any atom is -0.331 e. The molecule has 0 radical (unpaired) electrons. The van der Waals surface area contributed by atoms with Gasteiger partial charge in [0.25, 0.3) is 0 Å². The molecule has 3 nitrogen and oxygen atoms in total. The first-order chi connectivity index (χ1) is 6.61. The normalized spacial score (nSPS) is 26.6. The first-order valence-electron chi connectivity index (χ1n) is 4.83. The van der Waals surface area contributed by atoms with Crippen LogP contribution in [0.1, 0.15) is 6.42 Å². The molecule has 0 bridgehead atoms. The summed E-state index contributed by atoms with van der Waals surface area (Å²) in [7, 11) is 4.06. The molecule has 0 aromatic heterocycles. The smallest absolute Gasteiger partial charge is 0.246 e. The van der Waals surface area contributed by atoms with Gasteiger partial charge in [-0.15, -0.1) is 6.58 Å². The predicted octanol–water partition coefficient (Wildman–Crippen LogP) is 0.889. The Hall–Kier alpha value is -1.09.